The number of hydrogen-bond acceptors (Lipinski definition) is 5. The average molecular weight is 397 g/mol. The molecular formula is C21H21ClN4S. The van der Waals surface area contributed by atoms with Gasteiger partial charge in [0, 0.05) is 24.2 Å². The largest absolute Gasteiger partial charge is 0.328 e. The first kappa shape index (κ1) is 19.3. The van der Waals surface area contributed by atoms with Crippen LogP contribution in [-0.2, 0) is 0 Å². The van der Waals surface area contributed by atoms with Gasteiger partial charge in [-0.05, 0) is 36.8 Å². The van der Waals surface area contributed by atoms with Crippen LogP contribution in [0, 0.1) is 6.92 Å². The van der Waals surface area contributed by atoms with Gasteiger partial charge < -0.3 is 10.2 Å². The summed E-state index contributed by atoms with van der Waals surface area (Å²) < 4.78 is 0. The van der Waals surface area contributed by atoms with Crippen LogP contribution in [0.4, 0.5) is 23.1 Å². The highest BCUT2D eigenvalue weighted by molar-refractivity contribution is 7.99. The predicted octanol–water partition coefficient (Wildman–Crippen LogP) is 5.84. The van der Waals surface area contributed by atoms with E-state index in [4.69, 9.17) is 9.97 Å². The molecule has 3 aromatic rings. The van der Waals surface area contributed by atoms with Gasteiger partial charge in [0.1, 0.15) is 0 Å². The molecule has 0 fully saturated rings. The summed E-state index contributed by atoms with van der Waals surface area (Å²) in [7, 11) is 2.05. The summed E-state index contributed by atoms with van der Waals surface area (Å²) in [6.45, 7) is 2.08. The van der Waals surface area contributed by atoms with Crippen LogP contribution in [0.15, 0.2) is 65.6 Å². The second kappa shape index (κ2) is 8.46. The highest BCUT2D eigenvalue weighted by Gasteiger charge is 2.19. The monoisotopic (exact) mass is 396 g/mol. The normalized spacial score (nSPS) is 12.1. The molecular weight excluding hydrogens is 376 g/mol. The molecule has 0 unspecified atom stereocenters. The Hall–Kier alpha value is -2.50. The summed E-state index contributed by atoms with van der Waals surface area (Å²) in [6.07, 6.45) is 4.22. The molecule has 0 amide bonds. The van der Waals surface area contributed by atoms with Crippen LogP contribution in [0.5, 0.6) is 0 Å². The van der Waals surface area contributed by atoms with Gasteiger partial charge in [-0.3, -0.25) is 0 Å². The fourth-order valence-corrected chi connectivity index (χ4v) is 3.82. The number of halogens is 1. The van der Waals surface area contributed by atoms with E-state index < -0.39 is 0 Å². The Kier molecular flexibility index (Phi) is 6.04. The Balaban J connectivity index is 0.00000210. The molecule has 138 valence electrons. The van der Waals surface area contributed by atoms with Gasteiger partial charge in [-0.2, -0.15) is 4.98 Å². The molecule has 0 aliphatic carbocycles. The Morgan fingerprint density at radius 2 is 1.74 bits per heavy atom. The van der Waals surface area contributed by atoms with Crippen molar-refractivity contribution in [3.8, 4) is 0 Å². The molecule has 4 nitrogen and oxygen atoms in total. The number of fused-ring (bicyclic) bond motifs is 1. The van der Waals surface area contributed by atoms with E-state index in [1.165, 1.54) is 0 Å². The highest BCUT2D eigenvalue weighted by Crippen LogP contribution is 2.38. The molecule has 4 rings (SSSR count). The van der Waals surface area contributed by atoms with E-state index in [0.717, 1.165) is 39.1 Å². The maximum Gasteiger partial charge on any atom is 0.229 e. The van der Waals surface area contributed by atoms with Gasteiger partial charge in [0.15, 0.2) is 5.82 Å². The molecule has 0 radical (unpaired) electrons. The zero-order chi connectivity index (χ0) is 17.9. The maximum atomic E-state index is 4.85. The van der Waals surface area contributed by atoms with Gasteiger partial charge >= 0.3 is 0 Å². The van der Waals surface area contributed by atoms with Crippen molar-refractivity contribution >= 4 is 53.4 Å². The van der Waals surface area contributed by atoms with Gasteiger partial charge in [0.2, 0.25) is 5.95 Å². The minimum atomic E-state index is 0. The summed E-state index contributed by atoms with van der Waals surface area (Å²) in [4.78, 5) is 12.8. The maximum absolute atomic E-state index is 4.85. The molecule has 0 saturated heterocycles. The van der Waals surface area contributed by atoms with Gasteiger partial charge in [-0.1, -0.05) is 42.5 Å². The number of thioether (sulfide) groups is 1. The molecule has 2 aromatic carbocycles. The first-order chi connectivity index (χ1) is 12.7. The van der Waals surface area contributed by atoms with Crippen molar-refractivity contribution in [2.24, 2.45) is 0 Å². The number of nitrogens with one attached hydrogen (secondary N) is 1. The van der Waals surface area contributed by atoms with E-state index >= 15 is 0 Å². The number of aryl methyl sites for hydroxylation is 1. The Bertz CT molecular complexity index is 960. The van der Waals surface area contributed by atoms with Crippen molar-refractivity contribution in [1.29, 1.82) is 0 Å². The zero-order valence-electron chi connectivity index (χ0n) is 15.2. The predicted molar refractivity (Wildman–Crippen MR) is 118 cm³/mol. The average Bonchev–Trinajstić information content (AvgIpc) is 2.69. The zero-order valence-corrected chi connectivity index (χ0v) is 16.8. The first-order valence-electron chi connectivity index (χ1n) is 8.55. The number of benzene rings is 2. The minimum absolute atomic E-state index is 0. The van der Waals surface area contributed by atoms with Crippen LogP contribution in [0.25, 0.3) is 6.08 Å². The minimum Gasteiger partial charge on any atom is -0.328 e. The Morgan fingerprint density at radius 1 is 1.00 bits per heavy atom. The van der Waals surface area contributed by atoms with Crippen molar-refractivity contribution in [2.75, 3.05) is 23.0 Å². The van der Waals surface area contributed by atoms with Gasteiger partial charge in [-0.25, -0.2) is 4.98 Å². The molecule has 1 aromatic heterocycles. The van der Waals surface area contributed by atoms with Crippen LogP contribution in [0.3, 0.4) is 0 Å². The molecule has 1 aliphatic heterocycles. The molecule has 1 N–H and O–H groups in total. The quantitative estimate of drug-likeness (QED) is 0.600. The molecule has 2 heterocycles. The summed E-state index contributed by atoms with van der Waals surface area (Å²) in [5.74, 6) is 2.48. The molecule has 27 heavy (non-hydrogen) atoms. The van der Waals surface area contributed by atoms with E-state index in [1.807, 2.05) is 43.4 Å². The number of para-hydroxylation sites is 2. The van der Waals surface area contributed by atoms with Gasteiger partial charge in [-0.15, -0.1) is 24.2 Å². The van der Waals surface area contributed by atoms with E-state index in [1.54, 1.807) is 11.8 Å². The Morgan fingerprint density at radius 3 is 2.52 bits per heavy atom. The first-order valence-corrected chi connectivity index (χ1v) is 9.54. The Labute approximate surface area is 170 Å². The fraction of sp³-hybridized carbons (Fsp3) is 0.143. The van der Waals surface area contributed by atoms with E-state index in [2.05, 4.69) is 47.5 Å². The van der Waals surface area contributed by atoms with Crippen molar-refractivity contribution in [1.82, 2.24) is 9.97 Å². The van der Waals surface area contributed by atoms with E-state index in [9.17, 15) is 0 Å². The van der Waals surface area contributed by atoms with E-state index in [-0.39, 0.29) is 12.4 Å². The summed E-state index contributed by atoms with van der Waals surface area (Å²) in [5.41, 5.74) is 4.25. The lowest BCUT2D eigenvalue weighted by atomic mass is 10.2. The molecule has 1 aliphatic rings. The molecule has 0 atom stereocenters. The third kappa shape index (κ3) is 4.10. The molecule has 0 spiro atoms. The third-order valence-electron chi connectivity index (χ3n) is 4.33. The van der Waals surface area contributed by atoms with Crippen molar-refractivity contribution in [3.05, 3.63) is 71.9 Å². The van der Waals surface area contributed by atoms with Crippen molar-refractivity contribution < 1.29 is 0 Å². The number of hydrogen-bond donors (Lipinski definition) is 1. The van der Waals surface area contributed by atoms with Crippen molar-refractivity contribution in [3.63, 3.8) is 0 Å². The lowest BCUT2D eigenvalue weighted by Crippen LogP contribution is -2.15. The molecule has 0 saturated carbocycles. The lowest BCUT2D eigenvalue weighted by Gasteiger charge is -2.24. The summed E-state index contributed by atoms with van der Waals surface area (Å²) >= 11 is 1.78. The molecule has 6 heteroatoms. The number of anilines is 4. The second-order valence-electron chi connectivity index (χ2n) is 6.13. The van der Waals surface area contributed by atoms with Crippen LogP contribution < -0.4 is 10.2 Å². The van der Waals surface area contributed by atoms with Crippen LogP contribution in [-0.4, -0.2) is 22.8 Å². The highest BCUT2D eigenvalue weighted by atomic mass is 35.5. The number of rotatable bonds is 4. The topological polar surface area (TPSA) is 41.1 Å². The third-order valence-corrected chi connectivity index (χ3v) is 5.37. The summed E-state index contributed by atoms with van der Waals surface area (Å²) in [6, 6.07) is 18.4. The van der Waals surface area contributed by atoms with Crippen LogP contribution in [0.2, 0.25) is 0 Å². The SMILES string of the molecule is Cc1ccccc1Nc1nc2c(c(N(C)c3ccccc3)n1)SCC=C2.Cl. The fourth-order valence-electron chi connectivity index (χ4n) is 2.89. The van der Waals surface area contributed by atoms with Gasteiger partial charge in [0.25, 0.3) is 0 Å². The lowest BCUT2D eigenvalue weighted by molar-refractivity contribution is 1.02. The summed E-state index contributed by atoms with van der Waals surface area (Å²) in [5, 5.41) is 3.38. The number of nitrogens with zero attached hydrogens (tertiary/aromatic N) is 3. The van der Waals surface area contributed by atoms with Crippen LogP contribution in [0.1, 0.15) is 11.3 Å². The van der Waals surface area contributed by atoms with Gasteiger partial charge in [0.05, 0.1) is 10.6 Å². The second-order valence-corrected chi connectivity index (χ2v) is 7.16. The number of aromatic nitrogens is 2. The standard InChI is InChI=1S/C21H20N4S.ClH/c1-15-9-6-7-12-17(15)22-21-23-18-13-8-14-26-19(18)20(24-21)25(2)16-10-4-3-5-11-16;/h3-13H,14H2,1-2H3,(H,22,23,24);1H. The smallest absolute Gasteiger partial charge is 0.229 e. The van der Waals surface area contributed by atoms with Crippen molar-refractivity contribution in [2.45, 2.75) is 11.8 Å². The molecule has 0 bridgehead atoms. The van der Waals surface area contributed by atoms with E-state index in [0.29, 0.717) is 5.95 Å². The van der Waals surface area contributed by atoms with Crippen LogP contribution >= 0.6 is 24.2 Å².